The van der Waals surface area contributed by atoms with Crippen molar-refractivity contribution in [1.82, 2.24) is 19.4 Å². The van der Waals surface area contributed by atoms with Crippen LogP contribution >= 0.6 is 0 Å². The number of alkyl halides is 1. The Labute approximate surface area is 251 Å². The Morgan fingerprint density at radius 1 is 1.23 bits per heavy atom. The summed E-state index contributed by atoms with van der Waals surface area (Å²) < 4.78 is 20.2. The summed E-state index contributed by atoms with van der Waals surface area (Å²) in [5.41, 5.74) is 13.1. The highest BCUT2D eigenvalue weighted by Crippen LogP contribution is 2.34. The van der Waals surface area contributed by atoms with E-state index in [1.165, 1.54) is 18.9 Å². The fourth-order valence-electron chi connectivity index (χ4n) is 6.10. The number of carbonyl (C=O) groups is 2. The summed E-state index contributed by atoms with van der Waals surface area (Å²) in [6.07, 6.45) is 5.48. The Morgan fingerprint density at radius 2 is 2.02 bits per heavy atom. The first-order valence-electron chi connectivity index (χ1n) is 14.9. The van der Waals surface area contributed by atoms with Crippen molar-refractivity contribution in [3.63, 3.8) is 0 Å². The van der Waals surface area contributed by atoms with Crippen molar-refractivity contribution < 1.29 is 18.7 Å². The topological polar surface area (TPSA) is 118 Å². The van der Waals surface area contributed by atoms with E-state index in [0.29, 0.717) is 37.2 Å². The summed E-state index contributed by atoms with van der Waals surface area (Å²) in [6.45, 7) is 3.50. The van der Waals surface area contributed by atoms with Crippen LogP contribution in [-0.2, 0) is 29.4 Å². The molecule has 1 fully saturated rings. The van der Waals surface area contributed by atoms with Gasteiger partial charge in [-0.25, -0.2) is 9.37 Å². The minimum atomic E-state index is -1.28. The number of amides is 2. The first kappa shape index (κ1) is 30.4. The summed E-state index contributed by atoms with van der Waals surface area (Å²) in [5.74, 6) is 0.0476. The number of nitrogens with one attached hydrogen (secondary N) is 2. The van der Waals surface area contributed by atoms with Crippen molar-refractivity contribution in [3.8, 4) is 0 Å². The van der Waals surface area contributed by atoms with Gasteiger partial charge in [0.05, 0.1) is 12.5 Å². The molecule has 0 saturated carbocycles. The maximum absolute atomic E-state index is 13.7. The molecule has 228 valence electrons. The van der Waals surface area contributed by atoms with Crippen LogP contribution in [0.25, 0.3) is 10.9 Å². The number of nitrogens with two attached hydrogens (primary N) is 1. The molecule has 1 aliphatic rings. The number of para-hydroxylation sites is 1. The molecule has 9 nitrogen and oxygen atoms in total. The molecule has 2 aromatic heterocycles. The van der Waals surface area contributed by atoms with Crippen LogP contribution in [0.15, 0.2) is 55.0 Å². The van der Waals surface area contributed by atoms with E-state index in [1.54, 1.807) is 17.9 Å². The lowest BCUT2D eigenvalue weighted by atomic mass is 9.91. The number of methoxy groups -OCH3 is 1. The third kappa shape index (κ3) is 7.14. The number of halogens is 1. The minimum Gasteiger partial charge on any atom is -0.358 e. The number of imidazole rings is 1. The van der Waals surface area contributed by atoms with Crippen molar-refractivity contribution in [3.05, 3.63) is 83.1 Å². The van der Waals surface area contributed by atoms with Crippen LogP contribution in [-0.4, -0.2) is 63.8 Å². The van der Waals surface area contributed by atoms with Crippen LogP contribution in [0.5, 0.6) is 0 Å². The number of aromatic nitrogens is 3. The lowest BCUT2D eigenvalue weighted by Gasteiger charge is -2.33. The van der Waals surface area contributed by atoms with Crippen molar-refractivity contribution >= 4 is 28.4 Å². The van der Waals surface area contributed by atoms with Gasteiger partial charge in [-0.3, -0.25) is 9.59 Å². The van der Waals surface area contributed by atoms with Crippen LogP contribution in [0, 0.1) is 6.92 Å². The molecule has 0 radical (unpaired) electrons. The van der Waals surface area contributed by atoms with Gasteiger partial charge in [0.15, 0.2) is 6.36 Å². The number of benzene rings is 2. The summed E-state index contributed by atoms with van der Waals surface area (Å²) in [6, 6.07) is 13.4. The molecule has 10 heteroatoms. The SMILES string of the molecule is COC(F)CCc1cccc2c(C)c(C3CCCN(C(=O)CC(N)Cc4ccc(NC(=O)c5cncn5C)cc4)C3)[nH]c12. The van der Waals surface area contributed by atoms with E-state index in [0.717, 1.165) is 47.1 Å². The number of carbonyl (C=O) groups excluding carboxylic acids is 2. The summed E-state index contributed by atoms with van der Waals surface area (Å²) in [4.78, 5) is 35.3. The normalized spacial score (nSPS) is 16.8. The van der Waals surface area contributed by atoms with Crippen molar-refractivity contribution in [2.75, 3.05) is 25.5 Å². The smallest absolute Gasteiger partial charge is 0.273 e. The predicted molar refractivity (Wildman–Crippen MR) is 166 cm³/mol. The van der Waals surface area contributed by atoms with Crippen LogP contribution < -0.4 is 11.1 Å². The molecule has 3 atom stereocenters. The lowest BCUT2D eigenvalue weighted by molar-refractivity contribution is -0.132. The van der Waals surface area contributed by atoms with Gasteiger partial charge in [-0.15, -0.1) is 0 Å². The minimum absolute atomic E-state index is 0.0697. The van der Waals surface area contributed by atoms with Gasteiger partial charge in [0.1, 0.15) is 5.69 Å². The van der Waals surface area contributed by atoms with Gasteiger partial charge < -0.3 is 30.2 Å². The van der Waals surface area contributed by atoms with E-state index < -0.39 is 6.36 Å². The van der Waals surface area contributed by atoms with Crippen LogP contribution in [0.4, 0.5) is 10.1 Å². The van der Waals surface area contributed by atoms with Gasteiger partial charge in [0.25, 0.3) is 5.91 Å². The Bertz CT molecular complexity index is 1560. The molecule has 3 unspecified atom stereocenters. The van der Waals surface area contributed by atoms with Gasteiger partial charge in [0.2, 0.25) is 5.91 Å². The molecule has 1 saturated heterocycles. The molecule has 3 heterocycles. The van der Waals surface area contributed by atoms with E-state index >= 15 is 0 Å². The Kier molecular flexibility index (Phi) is 9.57. The first-order valence-corrected chi connectivity index (χ1v) is 14.9. The summed E-state index contributed by atoms with van der Waals surface area (Å²) in [5, 5.41) is 4.02. The van der Waals surface area contributed by atoms with Crippen LogP contribution in [0.1, 0.15) is 64.5 Å². The van der Waals surface area contributed by atoms with Crippen LogP contribution in [0.3, 0.4) is 0 Å². The second-order valence-corrected chi connectivity index (χ2v) is 11.6. The number of rotatable bonds is 11. The molecular weight excluding hydrogens is 547 g/mol. The maximum atomic E-state index is 13.7. The number of likely N-dealkylation sites (tertiary alicyclic amines) is 1. The zero-order valence-electron chi connectivity index (χ0n) is 25.1. The van der Waals surface area contributed by atoms with Crippen molar-refractivity contribution in [1.29, 1.82) is 0 Å². The van der Waals surface area contributed by atoms with E-state index in [2.05, 4.69) is 28.3 Å². The fourth-order valence-corrected chi connectivity index (χ4v) is 6.10. The molecular formula is C33H41FN6O3. The number of hydrogen-bond acceptors (Lipinski definition) is 5. The highest BCUT2D eigenvalue weighted by Gasteiger charge is 2.28. The largest absolute Gasteiger partial charge is 0.358 e. The van der Waals surface area contributed by atoms with Gasteiger partial charge in [0, 0.05) is 74.3 Å². The zero-order chi connectivity index (χ0) is 30.5. The van der Waals surface area contributed by atoms with Gasteiger partial charge in [-0.2, -0.15) is 0 Å². The molecule has 2 aromatic carbocycles. The highest BCUT2D eigenvalue weighted by atomic mass is 19.1. The molecule has 2 amide bonds. The second-order valence-electron chi connectivity index (χ2n) is 11.6. The molecule has 0 aliphatic carbocycles. The zero-order valence-corrected chi connectivity index (χ0v) is 25.1. The third-order valence-corrected chi connectivity index (χ3v) is 8.49. The lowest BCUT2D eigenvalue weighted by Crippen LogP contribution is -2.42. The average molecular weight is 589 g/mol. The molecule has 0 bridgehead atoms. The predicted octanol–water partition coefficient (Wildman–Crippen LogP) is 5.00. The number of H-pyrrole nitrogens is 1. The molecule has 1 aliphatic heterocycles. The second kappa shape index (κ2) is 13.5. The Morgan fingerprint density at radius 3 is 2.74 bits per heavy atom. The van der Waals surface area contributed by atoms with Gasteiger partial charge >= 0.3 is 0 Å². The number of aromatic amines is 1. The fraction of sp³-hybridized carbons (Fsp3) is 0.424. The highest BCUT2D eigenvalue weighted by molar-refractivity contribution is 6.02. The number of aryl methyl sites for hydroxylation is 3. The molecule has 5 rings (SSSR count). The van der Waals surface area contributed by atoms with Crippen LogP contribution in [0.2, 0.25) is 0 Å². The quantitative estimate of drug-likeness (QED) is 0.228. The number of piperidine rings is 1. The number of nitrogens with zero attached hydrogens (tertiary/aromatic N) is 3. The summed E-state index contributed by atoms with van der Waals surface area (Å²) in [7, 11) is 3.16. The molecule has 43 heavy (non-hydrogen) atoms. The first-order chi connectivity index (χ1) is 20.7. The van der Waals surface area contributed by atoms with Gasteiger partial charge in [-0.05, 0) is 61.4 Å². The molecule has 0 spiro atoms. The summed E-state index contributed by atoms with van der Waals surface area (Å²) >= 11 is 0. The Balaban J connectivity index is 1.17. The van der Waals surface area contributed by atoms with E-state index in [9.17, 15) is 14.0 Å². The Hall–Kier alpha value is -4.02. The van der Waals surface area contributed by atoms with E-state index in [-0.39, 0.29) is 30.2 Å². The standard InChI is InChI=1S/C33H41FN6O3/c1-21-27-8-4-6-23(11-14-29(34)43-3)32(27)38-31(21)24-7-5-15-40(19-24)30(41)17-25(35)16-22-9-12-26(13-10-22)37-33(42)28-18-36-20-39(28)2/h4,6,8-10,12-13,18,20,24-25,29,38H,5,7,11,14-17,19,35H2,1-3H3,(H,37,42). The van der Waals surface area contributed by atoms with Crippen molar-refractivity contribution in [2.45, 2.75) is 63.8 Å². The maximum Gasteiger partial charge on any atom is 0.273 e. The number of hydrogen-bond donors (Lipinski definition) is 3. The molecule has 4 aromatic rings. The third-order valence-electron chi connectivity index (χ3n) is 8.49. The van der Waals surface area contributed by atoms with E-state index in [1.807, 2.05) is 41.3 Å². The number of ether oxygens (including phenoxy) is 1. The average Bonchev–Trinajstić information content (AvgIpc) is 3.60. The number of fused-ring (bicyclic) bond motifs is 1. The number of anilines is 1. The van der Waals surface area contributed by atoms with Crippen molar-refractivity contribution in [2.24, 2.45) is 12.8 Å². The van der Waals surface area contributed by atoms with Gasteiger partial charge in [-0.1, -0.05) is 30.3 Å². The van der Waals surface area contributed by atoms with E-state index in [4.69, 9.17) is 10.5 Å². The monoisotopic (exact) mass is 588 g/mol. The molecule has 4 N–H and O–H groups in total.